The zero-order valence-electron chi connectivity index (χ0n) is 14.5. The van der Waals surface area contributed by atoms with E-state index in [1.165, 1.54) is 21.8 Å². The Morgan fingerprint density at radius 2 is 1.46 bits per heavy atom. The van der Waals surface area contributed by atoms with Crippen molar-refractivity contribution < 1.29 is 20.1 Å². The summed E-state index contributed by atoms with van der Waals surface area (Å²) in [6, 6.07) is 28.3. The SMILES string of the molecule is Brc1ccc2c(c1)c1cc(Br)ccc1n2-c1cc[c-]c(-c2ccccn2)c1.[Ir]. The number of hydrogen-bond acceptors (Lipinski definition) is 1. The van der Waals surface area contributed by atoms with Crippen molar-refractivity contribution >= 4 is 53.7 Å². The van der Waals surface area contributed by atoms with Gasteiger partial charge in [-0.2, -0.15) is 0 Å². The van der Waals surface area contributed by atoms with E-state index >= 15 is 0 Å². The zero-order chi connectivity index (χ0) is 18.4. The first-order chi connectivity index (χ1) is 13.2. The summed E-state index contributed by atoms with van der Waals surface area (Å²) >= 11 is 7.22. The summed E-state index contributed by atoms with van der Waals surface area (Å²) < 4.78 is 4.44. The largest absolute Gasteiger partial charge is 0.327 e. The van der Waals surface area contributed by atoms with Crippen molar-refractivity contribution in [3.05, 3.63) is 94.0 Å². The molecule has 2 nitrogen and oxygen atoms in total. The molecule has 0 atom stereocenters. The van der Waals surface area contributed by atoms with Gasteiger partial charge in [-0.15, -0.1) is 29.8 Å². The fourth-order valence-electron chi connectivity index (χ4n) is 3.51. The van der Waals surface area contributed by atoms with E-state index in [1.807, 2.05) is 30.5 Å². The Labute approximate surface area is 193 Å². The van der Waals surface area contributed by atoms with E-state index in [2.05, 4.69) is 96.0 Å². The van der Waals surface area contributed by atoms with E-state index in [-0.39, 0.29) is 20.1 Å². The minimum absolute atomic E-state index is 0. The maximum atomic E-state index is 4.47. The molecule has 2 heterocycles. The second kappa shape index (κ2) is 7.92. The maximum absolute atomic E-state index is 4.47. The normalized spacial score (nSPS) is 10.9. The van der Waals surface area contributed by atoms with Crippen molar-refractivity contribution in [1.29, 1.82) is 0 Å². The Balaban J connectivity index is 0.00000192. The molecule has 0 unspecified atom stereocenters. The van der Waals surface area contributed by atoms with Gasteiger partial charge in [-0.25, -0.2) is 0 Å². The van der Waals surface area contributed by atoms with Gasteiger partial charge >= 0.3 is 0 Å². The molecule has 0 amide bonds. The molecular weight excluding hydrogens is 656 g/mol. The molecule has 0 aliphatic heterocycles. The van der Waals surface area contributed by atoms with Crippen LogP contribution in [0.3, 0.4) is 0 Å². The standard InChI is InChI=1S/C23H13Br2N2.Ir/c24-16-7-9-22-19(13-16)20-14-17(25)8-10-23(20)27(22)18-5-3-4-15(12-18)21-6-1-2-11-26-21;/h1-3,5-14H;/q-1;. The van der Waals surface area contributed by atoms with E-state index in [0.717, 1.165) is 25.9 Å². The molecule has 1 radical (unpaired) electrons. The smallest absolute Gasteiger partial charge is 0.0524 e. The Morgan fingerprint density at radius 3 is 2.07 bits per heavy atom. The van der Waals surface area contributed by atoms with Crippen molar-refractivity contribution in [1.82, 2.24) is 9.55 Å². The second-order valence-corrected chi connectivity index (χ2v) is 8.17. The molecule has 5 heteroatoms. The maximum Gasteiger partial charge on any atom is 0.0524 e. The van der Waals surface area contributed by atoms with Gasteiger partial charge in [0, 0.05) is 46.0 Å². The summed E-state index contributed by atoms with van der Waals surface area (Å²) in [5.41, 5.74) is 5.34. The number of benzene rings is 3. The first kappa shape index (κ1) is 19.5. The summed E-state index contributed by atoms with van der Waals surface area (Å²) in [6.45, 7) is 0. The van der Waals surface area contributed by atoms with Gasteiger partial charge in [0.1, 0.15) is 0 Å². The third kappa shape index (κ3) is 3.37. The molecule has 0 bridgehead atoms. The number of aromatic nitrogens is 2. The van der Waals surface area contributed by atoms with E-state index in [1.54, 1.807) is 0 Å². The van der Waals surface area contributed by atoms with Crippen LogP contribution in [0.15, 0.2) is 87.9 Å². The Hall–Kier alpha value is -1.78. The Kier molecular flexibility index (Phi) is 5.52. The fourth-order valence-corrected chi connectivity index (χ4v) is 4.23. The van der Waals surface area contributed by atoms with Crippen LogP contribution in [0.4, 0.5) is 0 Å². The number of halogens is 2. The quantitative estimate of drug-likeness (QED) is 0.183. The topological polar surface area (TPSA) is 17.8 Å². The van der Waals surface area contributed by atoms with Crippen LogP contribution in [0.2, 0.25) is 0 Å². The molecule has 139 valence electrons. The average Bonchev–Trinajstić information content (AvgIpc) is 3.02. The molecule has 5 rings (SSSR count). The Bertz CT molecular complexity index is 1240. The number of pyridine rings is 1. The molecule has 0 aliphatic rings. The number of nitrogens with zero attached hydrogens (tertiary/aromatic N) is 2. The minimum atomic E-state index is 0. The molecule has 0 fully saturated rings. The summed E-state index contributed by atoms with van der Waals surface area (Å²) in [7, 11) is 0. The fraction of sp³-hybridized carbons (Fsp3) is 0. The van der Waals surface area contributed by atoms with Crippen LogP contribution in [0.5, 0.6) is 0 Å². The van der Waals surface area contributed by atoms with Crippen LogP contribution in [0.25, 0.3) is 38.8 Å². The zero-order valence-corrected chi connectivity index (χ0v) is 20.1. The van der Waals surface area contributed by atoms with E-state index in [9.17, 15) is 0 Å². The molecule has 0 spiro atoms. The molecule has 2 aromatic heterocycles. The van der Waals surface area contributed by atoms with Crippen molar-refractivity contribution in [3.63, 3.8) is 0 Å². The van der Waals surface area contributed by atoms with Gasteiger partial charge < -0.3 is 9.55 Å². The third-order valence-corrected chi connectivity index (χ3v) is 5.66. The number of hydrogen-bond donors (Lipinski definition) is 0. The van der Waals surface area contributed by atoms with Gasteiger partial charge in [0.25, 0.3) is 0 Å². The van der Waals surface area contributed by atoms with Gasteiger partial charge in [0.2, 0.25) is 0 Å². The van der Waals surface area contributed by atoms with E-state index in [4.69, 9.17) is 0 Å². The molecular formula is C23H13Br2IrN2-. The van der Waals surface area contributed by atoms with Gasteiger partial charge in [-0.05, 0) is 53.8 Å². The predicted molar refractivity (Wildman–Crippen MR) is 118 cm³/mol. The van der Waals surface area contributed by atoms with Crippen LogP contribution in [0, 0.1) is 6.07 Å². The Morgan fingerprint density at radius 1 is 0.786 bits per heavy atom. The molecule has 0 aliphatic carbocycles. The van der Waals surface area contributed by atoms with Gasteiger partial charge in [-0.1, -0.05) is 44.0 Å². The summed E-state index contributed by atoms with van der Waals surface area (Å²) in [5.74, 6) is 0. The predicted octanol–water partition coefficient (Wildman–Crippen LogP) is 7.17. The summed E-state index contributed by atoms with van der Waals surface area (Å²) in [5, 5.41) is 2.43. The molecule has 0 saturated heterocycles. The first-order valence-corrected chi connectivity index (χ1v) is 10.1. The molecule has 3 aromatic carbocycles. The summed E-state index contributed by atoms with van der Waals surface area (Å²) in [4.78, 5) is 4.47. The van der Waals surface area contributed by atoms with Gasteiger partial charge in [0.05, 0.1) is 11.0 Å². The van der Waals surface area contributed by atoms with Gasteiger partial charge in [0.15, 0.2) is 0 Å². The number of rotatable bonds is 2. The molecule has 0 saturated carbocycles. The van der Waals surface area contributed by atoms with Crippen LogP contribution in [0.1, 0.15) is 0 Å². The molecule has 28 heavy (non-hydrogen) atoms. The van der Waals surface area contributed by atoms with Crippen molar-refractivity contribution in [2.45, 2.75) is 0 Å². The second-order valence-electron chi connectivity index (χ2n) is 6.33. The van der Waals surface area contributed by atoms with Crippen LogP contribution in [-0.4, -0.2) is 9.55 Å². The van der Waals surface area contributed by atoms with Crippen molar-refractivity contribution in [2.75, 3.05) is 0 Å². The van der Waals surface area contributed by atoms with Crippen LogP contribution in [-0.2, 0) is 20.1 Å². The van der Waals surface area contributed by atoms with Crippen molar-refractivity contribution in [3.8, 4) is 16.9 Å². The monoisotopic (exact) mass is 668 g/mol. The first-order valence-electron chi connectivity index (χ1n) is 8.53. The van der Waals surface area contributed by atoms with Crippen LogP contribution >= 0.6 is 31.9 Å². The molecule has 5 aromatic rings. The van der Waals surface area contributed by atoms with Crippen molar-refractivity contribution in [2.24, 2.45) is 0 Å². The van der Waals surface area contributed by atoms with E-state index < -0.39 is 0 Å². The molecule has 0 N–H and O–H groups in total. The summed E-state index contributed by atoms with van der Waals surface area (Å²) in [6.07, 6.45) is 1.81. The third-order valence-electron chi connectivity index (χ3n) is 4.67. The average molecular weight is 669 g/mol. The number of fused-ring (bicyclic) bond motifs is 3. The van der Waals surface area contributed by atoms with Gasteiger partial charge in [-0.3, -0.25) is 0 Å². The minimum Gasteiger partial charge on any atom is -0.327 e. The van der Waals surface area contributed by atoms with E-state index in [0.29, 0.717) is 0 Å². The van der Waals surface area contributed by atoms with Crippen LogP contribution < -0.4 is 0 Å².